The van der Waals surface area contributed by atoms with Crippen LogP contribution in [0.2, 0.25) is 0 Å². The molecule has 0 saturated heterocycles. The summed E-state index contributed by atoms with van der Waals surface area (Å²) in [5.41, 5.74) is 0.675. The van der Waals surface area contributed by atoms with Crippen LogP contribution in [-0.2, 0) is 0 Å². The van der Waals surface area contributed by atoms with Crippen LogP contribution in [0.4, 0.5) is 5.69 Å². The zero-order chi connectivity index (χ0) is 13.5. The normalized spacial score (nSPS) is 12.4. The molecule has 0 saturated carbocycles. The number of hydrogen-bond acceptors (Lipinski definition) is 4. The second-order valence-electron chi connectivity index (χ2n) is 4.22. The summed E-state index contributed by atoms with van der Waals surface area (Å²) in [7, 11) is 0. The third kappa shape index (κ3) is 4.31. The van der Waals surface area contributed by atoms with Gasteiger partial charge in [-0.1, -0.05) is 25.8 Å². The molecule has 0 aromatic heterocycles. The standard InChI is InChI=1S/C13H19NO3S/c1-3-4-5-8-18-13-7-6-11(10(2)15)9-12(13)14(16)17/h6-7,9-10,15H,3-5,8H2,1-2H3/t10-/m0/s1. The molecule has 0 spiro atoms. The van der Waals surface area contributed by atoms with Crippen LogP contribution < -0.4 is 0 Å². The van der Waals surface area contributed by atoms with E-state index in [2.05, 4.69) is 6.92 Å². The van der Waals surface area contributed by atoms with Crippen LogP contribution >= 0.6 is 11.8 Å². The second kappa shape index (κ2) is 7.38. The van der Waals surface area contributed by atoms with E-state index < -0.39 is 6.10 Å². The minimum atomic E-state index is -0.678. The summed E-state index contributed by atoms with van der Waals surface area (Å²) in [4.78, 5) is 11.3. The van der Waals surface area contributed by atoms with Crippen LogP contribution in [0.5, 0.6) is 0 Å². The second-order valence-corrected chi connectivity index (χ2v) is 5.35. The van der Waals surface area contributed by atoms with E-state index in [1.165, 1.54) is 17.8 Å². The largest absolute Gasteiger partial charge is 0.389 e. The number of aliphatic hydroxyl groups is 1. The van der Waals surface area contributed by atoms with Crippen molar-refractivity contribution in [2.75, 3.05) is 5.75 Å². The topological polar surface area (TPSA) is 63.4 Å². The van der Waals surface area contributed by atoms with E-state index in [4.69, 9.17) is 0 Å². The molecule has 1 atom stereocenters. The summed E-state index contributed by atoms with van der Waals surface area (Å²) in [6.07, 6.45) is 2.68. The van der Waals surface area contributed by atoms with Crippen LogP contribution in [0.15, 0.2) is 23.1 Å². The van der Waals surface area contributed by atoms with Crippen LogP contribution in [0.1, 0.15) is 44.8 Å². The van der Waals surface area contributed by atoms with Crippen molar-refractivity contribution in [2.45, 2.75) is 44.1 Å². The number of rotatable bonds is 7. The Balaban J connectivity index is 2.80. The molecule has 0 aliphatic heterocycles. The van der Waals surface area contributed by atoms with E-state index in [1.807, 2.05) is 0 Å². The maximum absolute atomic E-state index is 11.0. The van der Waals surface area contributed by atoms with Crippen LogP contribution in [0.3, 0.4) is 0 Å². The highest BCUT2D eigenvalue weighted by Gasteiger charge is 2.16. The first-order valence-corrected chi connectivity index (χ1v) is 7.14. The minimum absolute atomic E-state index is 0.0925. The predicted molar refractivity (Wildman–Crippen MR) is 74.0 cm³/mol. The zero-order valence-corrected chi connectivity index (χ0v) is 11.6. The van der Waals surface area contributed by atoms with Crippen LogP contribution in [-0.4, -0.2) is 15.8 Å². The highest BCUT2D eigenvalue weighted by atomic mass is 32.2. The number of thioether (sulfide) groups is 1. The number of hydrogen-bond donors (Lipinski definition) is 1. The Bertz CT molecular complexity index is 407. The summed E-state index contributed by atoms with van der Waals surface area (Å²) < 4.78 is 0. The van der Waals surface area contributed by atoms with Crippen molar-refractivity contribution >= 4 is 17.4 Å². The fraction of sp³-hybridized carbons (Fsp3) is 0.538. The van der Waals surface area contributed by atoms with Crippen molar-refractivity contribution in [3.05, 3.63) is 33.9 Å². The molecule has 1 rings (SSSR count). The molecule has 0 unspecified atom stereocenters. The average molecular weight is 269 g/mol. The number of nitro groups is 1. The Morgan fingerprint density at radius 1 is 1.44 bits per heavy atom. The Hall–Kier alpha value is -1.07. The van der Waals surface area contributed by atoms with Crippen molar-refractivity contribution in [3.8, 4) is 0 Å². The van der Waals surface area contributed by atoms with Gasteiger partial charge in [0.2, 0.25) is 0 Å². The van der Waals surface area contributed by atoms with Gasteiger partial charge in [0.15, 0.2) is 0 Å². The Morgan fingerprint density at radius 3 is 2.72 bits per heavy atom. The maximum atomic E-state index is 11.0. The van der Waals surface area contributed by atoms with Gasteiger partial charge in [0.1, 0.15) is 0 Å². The molecule has 100 valence electrons. The number of benzene rings is 1. The van der Waals surface area contributed by atoms with Gasteiger partial charge < -0.3 is 5.11 Å². The van der Waals surface area contributed by atoms with Gasteiger partial charge in [-0.15, -0.1) is 11.8 Å². The highest BCUT2D eigenvalue weighted by molar-refractivity contribution is 7.99. The molecule has 0 radical (unpaired) electrons. The summed E-state index contributed by atoms with van der Waals surface area (Å²) >= 11 is 1.51. The maximum Gasteiger partial charge on any atom is 0.283 e. The predicted octanol–water partition coefficient (Wildman–Crippen LogP) is 3.93. The van der Waals surface area contributed by atoms with Crippen molar-refractivity contribution < 1.29 is 10.0 Å². The molecule has 0 heterocycles. The van der Waals surface area contributed by atoms with Gasteiger partial charge in [0.25, 0.3) is 5.69 Å². The fourth-order valence-corrected chi connectivity index (χ4v) is 2.61. The molecule has 1 aromatic rings. The lowest BCUT2D eigenvalue weighted by molar-refractivity contribution is -0.387. The van der Waals surface area contributed by atoms with Crippen LogP contribution in [0, 0.1) is 10.1 Å². The SMILES string of the molecule is CCCCCSc1ccc([C@H](C)O)cc1[N+](=O)[O-]. The molecule has 4 nitrogen and oxygen atoms in total. The minimum Gasteiger partial charge on any atom is -0.389 e. The molecule has 1 N–H and O–H groups in total. The molecule has 18 heavy (non-hydrogen) atoms. The number of nitrogens with zero attached hydrogens (tertiary/aromatic N) is 1. The lowest BCUT2D eigenvalue weighted by Crippen LogP contribution is -1.96. The van der Waals surface area contributed by atoms with Gasteiger partial charge in [0, 0.05) is 6.07 Å². The van der Waals surface area contributed by atoms with E-state index in [9.17, 15) is 15.2 Å². The van der Waals surface area contributed by atoms with Gasteiger partial charge in [-0.2, -0.15) is 0 Å². The van der Waals surface area contributed by atoms with Crippen molar-refractivity contribution in [1.82, 2.24) is 0 Å². The van der Waals surface area contributed by atoms with Gasteiger partial charge >= 0.3 is 0 Å². The molecule has 0 amide bonds. The van der Waals surface area contributed by atoms with Crippen molar-refractivity contribution in [3.63, 3.8) is 0 Å². The van der Waals surface area contributed by atoms with E-state index in [1.54, 1.807) is 19.1 Å². The van der Waals surface area contributed by atoms with E-state index in [-0.39, 0.29) is 10.6 Å². The van der Waals surface area contributed by atoms with Gasteiger partial charge in [-0.05, 0) is 30.7 Å². The molecule has 1 aromatic carbocycles. The Labute approximate surface area is 112 Å². The third-order valence-electron chi connectivity index (χ3n) is 2.67. The molecule has 0 aliphatic rings. The smallest absolute Gasteiger partial charge is 0.283 e. The first-order valence-electron chi connectivity index (χ1n) is 6.15. The Kier molecular flexibility index (Phi) is 6.15. The third-order valence-corrected chi connectivity index (χ3v) is 3.82. The van der Waals surface area contributed by atoms with Crippen molar-refractivity contribution in [1.29, 1.82) is 0 Å². The summed E-state index contributed by atoms with van der Waals surface area (Å²) in [6.45, 7) is 3.73. The zero-order valence-electron chi connectivity index (χ0n) is 10.8. The number of aliphatic hydroxyl groups excluding tert-OH is 1. The highest BCUT2D eigenvalue weighted by Crippen LogP contribution is 2.32. The first kappa shape index (κ1) is 15.0. The molecular weight excluding hydrogens is 250 g/mol. The van der Waals surface area contributed by atoms with Gasteiger partial charge in [-0.3, -0.25) is 10.1 Å². The fourth-order valence-electron chi connectivity index (χ4n) is 1.59. The first-order chi connectivity index (χ1) is 8.56. The molecule has 0 fully saturated rings. The summed E-state index contributed by atoms with van der Waals surface area (Å²) in [6, 6.07) is 4.95. The van der Waals surface area contributed by atoms with E-state index >= 15 is 0 Å². The quantitative estimate of drug-likeness (QED) is 0.352. The summed E-state index contributed by atoms with van der Waals surface area (Å²) in [5, 5.41) is 20.4. The molecular formula is C13H19NO3S. The molecule has 0 aliphatic carbocycles. The van der Waals surface area contributed by atoms with Crippen molar-refractivity contribution in [2.24, 2.45) is 0 Å². The lowest BCUT2D eigenvalue weighted by Gasteiger charge is -2.07. The van der Waals surface area contributed by atoms with E-state index in [0.29, 0.717) is 10.5 Å². The lowest BCUT2D eigenvalue weighted by atomic mass is 10.1. The number of unbranched alkanes of at least 4 members (excludes halogenated alkanes) is 2. The monoisotopic (exact) mass is 269 g/mol. The Morgan fingerprint density at radius 2 is 2.17 bits per heavy atom. The summed E-state index contributed by atoms with van der Waals surface area (Å²) in [5.74, 6) is 0.892. The number of nitro benzene ring substituents is 1. The van der Waals surface area contributed by atoms with Crippen LogP contribution in [0.25, 0.3) is 0 Å². The van der Waals surface area contributed by atoms with Gasteiger partial charge in [-0.25, -0.2) is 0 Å². The van der Waals surface area contributed by atoms with E-state index in [0.717, 1.165) is 25.0 Å². The molecule has 0 bridgehead atoms. The van der Waals surface area contributed by atoms with Gasteiger partial charge in [0.05, 0.1) is 15.9 Å². The average Bonchev–Trinajstić information content (AvgIpc) is 2.34. The molecule has 5 heteroatoms.